The van der Waals surface area contributed by atoms with Crippen molar-refractivity contribution in [2.45, 2.75) is 5.92 Å². The third kappa shape index (κ3) is 4.89. The minimum absolute atomic E-state index is 0.0329. The average Bonchev–Trinajstić information content (AvgIpc) is 2.94. The predicted octanol–water partition coefficient (Wildman–Crippen LogP) is 2.40. The lowest BCUT2D eigenvalue weighted by Crippen LogP contribution is -2.42. The molecule has 0 radical (unpaired) electrons. The van der Waals surface area contributed by atoms with E-state index in [9.17, 15) is 29.3 Å². The van der Waals surface area contributed by atoms with E-state index in [1.54, 1.807) is 18.2 Å². The van der Waals surface area contributed by atoms with Crippen molar-refractivity contribution in [3.63, 3.8) is 0 Å². The lowest BCUT2D eigenvalue weighted by molar-refractivity contribution is -0.384. The number of rotatable bonds is 7. The second kappa shape index (κ2) is 11.2. The molecule has 0 unspecified atom stereocenters. The maximum Gasteiger partial charge on any atom is 0.355 e. The Balaban J connectivity index is 2.59. The van der Waals surface area contributed by atoms with Gasteiger partial charge in [0.05, 0.1) is 50.4 Å². The minimum atomic E-state index is -1.51. The summed E-state index contributed by atoms with van der Waals surface area (Å²) in [5, 5.41) is 11.5. The van der Waals surface area contributed by atoms with Gasteiger partial charge in [-0.1, -0.05) is 30.3 Å². The quantitative estimate of drug-likeness (QED) is 0.234. The molecule has 0 N–H and O–H groups in total. The van der Waals surface area contributed by atoms with E-state index in [4.69, 9.17) is 18.9 Å². The Bertz CT molecular complexity index is 1280. The molecule has 0 amide bonds. The van der Waals surface area contributed by atoms with Gasteiger partial charge in [-0.15, -0.1) is 0 Å². The molecule has 0 atom stereocenters. The number of carbonyl (C=O) groups is 4. The second-order valence-corrected chi connectivity index (χ2v) is 7.45. The van der Waals surface area contributed by atoms with Gasteiger partial charge >= 0.3 is 23.9 Å². The molecular formula is C25H22N2O10. The standard InChI is InChI=1S/C25H22N2O10/c1-34-22(28)18-17(14-9-8-12-16(13-14)27(32)33)19(23(29)35-2)21(25(31)37-4)26(20(18)24(30)36-3)15-10-6-5-7-11-15/h5-13,17H,1-4H3. The Kier molecular flexibility index (Phi) is 8.02. The van der Waals surface area contributed by atoms with Gasteiger partial charge in [0, 0.05) is 17.8 Å². The van der Waals surface area contributed by atoms with Gasteiger partial charge in [-0.05, 0) is 17.7 Å². The lowest BCUT2D eigenvalue weighted by atomic mass is 9.78. The van der Waals surface area contributed by atoms with Crippen LogP contribution >= 0.6 is 0 Å². The van der Waals surface area contributed by atoms with Gasteiger partial charge in [0.1, 0.15) is 11.4 Å². The van der Waals surface area contributed by atoms with Crippen molar-refractivity contribution in [3.05, 3.63) is 92.8 Å². The van der Waals surface area contributed by atoms with Crippen molar-refractivity contribution in [2.75, 3.05) is 33.3 Å². The van der Waals surface area contributed by atoms with Crippen LogP contribution in [0.4, 0.5) is 11.4 Å². The maximum atomic E-state index is 13.2. The zero-order chi connectivity index (χ0) is 27.3. The number of hydrogen-bond donors (Lipinski definition) is 0. The fourth-order valence-corrected chi connectivity index (χ4v) is 4.00. The van der Waals surface area contributed by atoms with Crippen LogP contribution < -0.4 is 4.90 Å². The van der Waals surface area contributed by atoms with Crippen LogP contribution in [0.25, 0.3) is 0 Å². The minimum Gasteiger partial charge on any atom is -0.466 e. The van der Waals surface area contributed by atoms with Gasteiger partial charge < -0.3 is 18.9 Å². The molecule has 0 aromatic heterocycles. The van der Waals surface area contributed by atoms with Gasteiger partial charge in [0.15, 0.2) is 0 Å². The number of benzene rings is 2. The van der Waals surface area contributed by atoms with Gasteiger partial charge in [-0.25, -0.2) is 19.2 Å². The number of methoxy groups -OCH3 is 4. The Labute approximate surface area is 210 Å². The fraction of sp³-hybridized carbons (Fsp3) is 0.200. The predicted molar refractivity (Wildman–Crippen MR) is 127 cm³/mol. The lowest BCUT2D eigenvalue weighted by Gasteiger charge is -2.37. The number of non-ortho nitro benzene ring substituents is 1. The number of para-hydroxylation sites is 1. The van der Waals surface area contributed by atoms with E-state index in [0.717, 1.165) is 39.4 Å². The van der Waals surface area contributed by atoms with Gasteiger partial charge in [-0.3, -0.25) is 15.0 Å². The molecule has 0 fully saturated rings. The van der Waals surface area contributed by atoms with Crippen molar-refractivity contribution in [1.29, 1.82) is 0 Å². The zero-order valence-corrected chi connectivity index (χ0v) is 20.3. The highest BCUT2D eigenvalue weighted by molar-refractivity contribution is 6.14. The summed E-state index contributed by atoms with van der Waals surface area (Å²) in [4.78, 5) is 64.8. The molecule has 3 rings (SSSR count). The summed E-state index contributed by atoms with van der Waals surface area (Å²) in [6, 6.07) is 12.9. The van der Waals surface area contributed by atoms with Gasteiger partial charge in [-0.2, -0.15) is 0 Å². The largest absolute Gasteiger partial charge is 0.466 e. The van der Waals surface area contributed by atoms with Crippen molar-refractivity contribution in [3.8, 4) is 0 Å². The van der Waals surface area contributed by atoms with E-state index in [1.807, 2.05) is 0 Å². The van der Waals surface area contributed by atoms with Crippen LogP contribution in [0.1, 0.15) is 11.5 Å². The van der Waals surface area contributed by atoms with Crippen LogP contribution in [0.15, 0.2) is 77.1 Å². The van der Waals surface area contributed by atoms with Crippen molar-refractivity contribution < 1.29 is 43.0 Å². The van der Waals surface area contributed by atoms with E-state index < -0.39 is 57.3 Å². The molecule has 0 bridgehead atoms. The fourth-order valence-electron chi connectivity index (χ4n) is 4.00. The average molecular weight is 510 g/mol. The van der Waals surface area contributed by atoms with Gasteiger partial charge in [0.2, 0.25) is 0 Å². The molecule has 0 spiro atoms. The molecule has 2 aromatic rings. The van der Waals surface area contributed by atoms with E-state index in [0.29, 0.717) is 0 Å². The summed E-state index contributed by atoms with van der Waals surface area (Å²) in [5.41, 5.74) is -1.86. The summed E-state index contributed by atoms with van der Waals surface area (Å²) < 4.78 is 19.8. The molecule has 37 heavy (non-hydrogen) atoms. The zero-order valence-electron chi connectivity index (χ0n) is 20.3. The van der Waals surface area contributed by atoms with Crippen LogP contribution in [-0.2, 0) is 38.1 Å². The molecule has 1 aliphatic heterocycles. The first-order chi connectivity index (χ1) is 17.7. The third-order valence-corrected chi connectivity index (χ3v) is 5.53. The first-order valence-electron chi connectivity index (χ1n) is 10.6. The van der Waals surface area contributed by atoms with Crippen LogP contribution in [0.5, 0.6) is 0 Å². The van der Waals surface area contributed by atoms with Crippen LogP contribution in [-0.4, -0.2) is 57.2 Å². The first-order valence-corrected chi connectivity index (χ1v) is 10.6. The first kappa shape index (κ1) is 26.6. The molecule has 2 aromatic carbocycles. The number of anilines is 1. The van der Waals surface area contributed by atoms with Crippen LogP contribution in [0, 0.1) is 10.1 Å². The number of carbonyl (C=O) groups excluding carboxylic acids is 4. The molecule has 1 aliphatic rings. The third-order valence-electron chi connectivity index (χ3n) is 5.53. The number of hydrogen-bond acceptors (Lipinski definition) is 11. The van der Waals surface area contributed by atoms with E-state index in [2.05, 4.69) is 0 Å². The molecule has 0 saturated heterocycles. The Hall–Kier alpha value is -5.00. The molecule has 12 heteroatoms. The number of nitro groups is 1. The summed E-state index contributed by atoms with van der Waals surface area (Å²) in [7, 11) is 4.23. The number of esters is 4. The monoisotopic (exact) mass is 510 g/mol. The molecule has 12 nitrogen and oxygen atoms in total. The molecular weight excluding hydrogens is 488 g/mol. The van der Waals surface area contributed by atoms with E-state index in [1.165, 1.54) is 30.3 Å². The SMILES string of the molecule is COC(=O)C1=C(C(=O)OC)N(c2ccccc2)C(C(=O)OC)=C(C(=O)OC)C1c1cccc([N+](=O)[O-])c1. The molecule has 0 saturated carbocycles. The summed E-state index contributed by atoms with van der Waals surface area (Å²) in [6.07, 6.45) is 0. The van der Waals surface area contributed by atoms with E-state index in [-0.39, 0.29) is 16.9 Å². The van der Waals surface area contributed by atoms with Crippen molar-refractivity contribution in [1.82, 2.24) is 0 Å². The van der Waals surface area contributed by atoms with Crippen LogP contribution in [0.3, 0.4) is 0 Å². The van der Waals surface area contributed by atoms with Crippen molar-refractivity contribution in [2.24, 2.45) is 0 Å². The Morgan fingerprint density at radius 2 is 1.22 bits per heavy atom. The number of ether oxygens (including phenoxy) is 4. The Morgan fingerprint density at radius 1 is 0.730 bits per heavy atom. The summed E-state index contributed by atoms with van der Waals surface area (Å²) in [5.74, 6) is -5.72. The smallest absolute Gasteiger partial charge is 0.355 e. The molecule has 0 aliphatic carbocycles. The molecule has 192 valence electrons. The van der Waals surface area contributed by atoms with E-state index >= 15 is 0 Å². The van der Waals surface area contributed by atoms with Crippen LogP contribution in [0.2, 0.25) is 0 Å². The number of nitro benzene ring substituents is 1. The highest BCUT2D eigenvalue weighted by atomic mass is 16.6. The molecule has 1 heterocycles. The number of nitrogens with zero attached hydrogens (tertiary/aromatic N) is 2. The van der Waals surface area contributed by atoms with Gasteiger partial charge in [0.25, 0.3) is 5.69 Å². The van der Waals surface area contributed by atoms with Crippen molar-refractivity contribution >= 4 is 35.3 Å². The summed E-state index contributed by atoms with van der Waals surface area (Å²) in [6.45, 7) is 0. The summed E-state index contributed by atoms with van der Waals surface area (Å²) >= 11 is 0. The normalized spacial score (nSPS) is 13.7. The Morgan fingerprint density at radius 3 is 1.65 bits per heavy atom. The highest BCUT2D eigenvalue weighted by Gasteiger charge is 2.48. The topological polar surface area (TPSA) is 152 Å². The maximum absolute atomic E-state index is 13.2. The second-order valence-electron chi connectivity index (χ2n) is 7.45. The highest BCUT2D eigenvalue weighted by Crippen LogP contribution is 2.46.